The first-order valence-corrected chi connectivity index (χ1v) is 7.12. The topological polar surface area (TPSA) is 71.3 Å². The van der Waals surface area contributed by atoms with Gasteiger partial charge in [0.2, 0.25) is 5.91 Å². The van der Waals surface area contributed by atoms with Crippen LogP contribution in [0.15, 0.2) is 30.5 Å². The zero-order valence-corrected chi connectivity index (χ0v) is 12.3. The Balaban J connectivity index is 2.16. The van der Waals surface area contributed by atoms with Crippen LogP contribution in [0.1, 0.15) is 26.7 Å². The van der Waals surface area contributed by atoms with Gasteiger partial charge in [-0.15, -0.1) is 0 Å². The molecule has 1 unspecified atom stereocenters. The van der Waals surface area contributed by atoms with E-state index in [1.807, 2.05) is 25.1 Å². The highest BCUT2D eigenvalue weighted by molar-refractivity contribution is 5.95. The molecule has 21 heavy (non-hydrogen) atoms. The molecule has 0 radical (unpaired) electrons. The Morgan fingerprint density at radius 1 is 1.33 bits per heavy atom. The van der Waals surface area contributed by atoms with E-state index in [1.165, 1.54) is 0 Å². The molecule has 0 saturated heterocycles. The quantitative estimate of drug-likeness (QED) is 0.858. The predicted molar refractivity (Wildman–Crippen MR) is 82.3 cm³/mol. The molecule has 0 saturated carbocycles. The van der Waals surface area contributed by atoms with E-state index >= 15 is 0 Å². The van der Waals surface area contributed by atoms with Gasteiger partial charge in [0, 0.05) is 28.7 Å². The second kappa shape index (κ2) is 6.43. The van der Waals surface area contributed by atoms with Crippen molar-refractivity contribution in [2.24, 2.45) is 5.92 Å². The van der Waals surface area contributed by atoms with Crippen LogP contribution in [0.25, 0.3) is 10.9 Å². The van der Waals surface area contributed by atoms with Crippen LogP contribution < -0.4 is 5.32 Å². The third-order valence-corrected chi connectivity index (χ3v) is 3.51. The van der Waals surface area contributed by atoms with E-state index in [0.29, 0.717) is 0 Å². The van der Waals surface area contributed by atoms with Crippen molar-refractivity contribution < 1.29 is 14.7 Å². The molecular weight excluding hydrogens is 268 g/mol. The number of fused-ring (bicyclic) bond motifs is 1. The molecule has 0 bridgehead atoms. The molecular formula is C16H20N2O3. The fraction of sp³-hybridized carbons (Fsp3) is 0.375. The second-order valence-electron chi connectivity index (χ2n) is 5.29. The number of hydrogen-bond acceptors (Lipinski definition) is 2. The largest absolute Gasteiger partial charge is 0.480 e. The molecule has 2 rings (SSSR count). The number of rotatable bonds is 6. The number of carbonyl (C=O) groups is 2. The minimum Gasteiger partial charge on any atom is -0.480 e. The van der Waals surface area contributed by atoms with Gasteiger partial charge in [-0.1, -0.05) is 20.3 Å². The molecule has 0 spiro atoms. The summed E-state index contributed by atoms with van der Waals surface area (Å²) < 4.78 is 1.67. The summed E-state index contributed by atoms with van der Waals surface area (Å²) in [6, 6.07) is 7.35. The van der Waals surface area contributed by atoms with Gasteiger partial charge in [-0.2, -0.15) is 0 Å². The van der Waals surface area contributed by atoms with Crippen molar-refractivity contribution in [3.63, 3.8) is 0 Å². The maximum atomic E-state index is 12.0. The minimum absolute atomic E-state index is 0.0118. The van der Waals surface area contributed by atoms with Crippen molar-refractivity contribution in [2.45, 2.75) is 33.2 Å². The van der Waals surface area contributed by atoms with Crippen molar-refractivity contribution >= 4 is 28.5 Å². The summed E-state index contributed by atoms with van der Waals surface area (Å²) in [6.45, 7) is 3.91. The fourth-order valence-corrected chi connectivity index (χ4v) is 2.39. The lowest BCUT2D eigenvalue weighted by atomic mass is 10.1. The third kappa shape index (κ3) is 3.62. The first-order chi connectivity index (χ1) is 10.0. The van der Waals surface area contributed by atoms with Crippen LogP contribution in [0.5, 0.6) is 0 Å². The van der Waals surface area contributed by atoms with Crippen LogP contribution in [0.4, 0.5) is 5.69 Å². The Morgan fingerprint density at radius 3 is 2.76 bits per heavy atom. The summed E-state index contributed by atoms with van der Waals surface area (Å²) in [5.41, 5.74) is 1.58. The number of aromatic nitrogens is 1. The predicted octanol–water partition coefficient (Wildman–Crippen LogP) is 3.10. The van der Waals surface area contributed by atoms with Gasteiger partial charge in [0.25, 0.3) is 0 Å². The molecule has 5 heteroatoms. The van der Waals surface area contributed by atoms with Crippen LogP contribution in [0.2, 0.25) is 0 Å². The van der Waals surface area contributed by atoms with E-state index in [-0.39, 0.29) is 18.4 Å². The van der Waals surface area contributed by atoms with Crippen molar-refractivity contribution in [3.8, 4) is 0 Å². The van der Waals surface area contributed by atoms with E-state index < -0.39 is 5.97 Å². The van der Waals surface area contributed by atoms with E-state index in [9.17, 15) is 9.59 Å². The van der Waals surface area contributed by atoms with Gasteiger partial charge < -0.3 is 15.0 Å². The number of carboxylic acid groups (broad SMARTS) is 1. The Morgan fingerprint density at radius 2 is 2.10 bits per heavy atom. The number of nitrogens with one attached hydrogen (secondary N) is 1. The van der Waals surface area contributed by atoms with Crippen LogP contribution in [-0.2, 0) is 16.1 Å². The number of benzene rings is 1. The molecule has 2 aromatic rings. The highest BCUT2D eigenvalue weighted by Crippen LogP contribution is 2.21. The van der Waals surface area contributed by atoms with Crippen molar-refractivity contribution in [3.05, 3.63) is 30.5 Å². The van der Waals surface area contributed by atoms with Crippen LogP contribution in [0, 0.1) is 5.92 Å². The molecule has 1 heterocycles. The summed E-state index contributed by atoms with van der Waals surface area (Å²) in [6.07, 6.45) is 3.58. The SMILES string of the molecule is CCCC(C)C(=O)Nc1ccc2c(ccn2CC(=O)O)c1. The lowest BCUT2D eigenvalue weighted by Gasteiger charge is -2.11. The zero-order valence-electron chi connectivity index (χ0n) is 12.3. The van der Waals surface area contributed by atoms with Crippen LogP contribution in [0.3, 0.4) is 0 Å². The number of aliphatic carboxylic acids is 1. The van der Waals surface area contributed by atoms with E-state index in [4.69, 9.17) is 5.11 Å². The molecule has 0 aliphatic rings. The molecule has 2 N–H and O–H groups in total. The van der Waals surface area contributed by atoms with Gasteiger partial charge in [0.15, 0.2) is 0 Å². The zero-order chi connectivity index (χ0) is 15.4. The molecule has 0 aliphatic heterocycles. The molecule has 1 atom stereocenters. The minimum atomic E-state index is -0.877. The maximum Gasteiger partial charge on any atom is 0.323 e. The lowest BCUT2D eigenvalue weighted by molar-refractivity contribution is -0.137. The Kier molecular flexibility index (Phi) is 4.62. The van der Waals surface area contributed by atoms with Crippen molar-refractivity contribution in [1.29, 1.82) is 0 Å². The first kappa shape index (κ1) is 15.1. The monoisotopic (exact) mass is 288 g/mol. The first-order valence-electron chi connectivity index (χ1n) is 7.12. The number of carboxylic acids is 1. The normalized spacial score (nSPS) is 12.3. The molecule has 1 aromatic carbocycles. The molecule has 0 aliphatic carbocycles. The standard InChI is InChI=1S/C16H20N2O3/c1-3-4-11(2)16(21)17-13-5-6-14-12(9-13)7-8-18(14)10-15(19)20/h5-9,11H,3-4,10H2,1-2H3,(H,17,21)(H,19,20). The number of amides is 1. The number of hydrogen-bond donors (Lipinski definition) is 2. The highest BCUT2D eigenvalue weighted by Gasteiger charge is 2.12. The van der Waals surface area contributed by atoms with E-state index in [2.05, 4.69) is 12.2 Å². The fourth-order valence-electron chi connectivity index (χ4n) is 2.39. The van der Waals surface area contributed by atoms with Gasteiger partial charge in [-0.25, -0.2) is 0 Å². The van der Waals surface area contributed by atoms with Crippen LogP contribution in [-0.4, -0.2) is 21.6 Å². The van der Waals surface area contributed by atoms with Gasteiger partial charge in [-0.05, 0) is 30.7 Å². The summed E-state index contributed by atoms with van der Waals surface area (Å²) in [5.74, 6) is -0.873. The highest BCUT2D eigenvalue weighted by atomic mass is 16.4. The molecule has 0 fully saturated rings. The summed E-state index contributed by atoms with van der Waals surface area (Å²) >= 11 is 0. The second-order valence-corrected chi connectivity index (χ2v) is 5.29. The number of anilines is 1. The summed E-state index contributed by atoms with van der Waals surface area (Å²) in [4.78, 5) is 22.8. The third-order valence-electron chi connectivity index (χ3n) is 3.51. The van der Waals surface area contributed by atoms with Gasteiger partial charge in [-0.3, -0.25) is 9.59 Å². The van der Waals surface area contributed by atoms with Gasteiger partial charge in [0.05, 0.1) is 0 Å². The van der Waals surface area contributed by atoms with Crippen molar-refractivity contribution in [1.82, 2.24) is 4.57 Å². The average molecular weight is 288 g/mol. The van der Waals surface area contributed by atoms with Crippen molar-refractivity contribution in [2.75, 3.05) is 5.32 Å². The van der Waals surface area contributed by atoms with E-state index in [0.717, 1.165) is 29.4 Å². The molecule has 1 amide bonds. The smallest absolute Gasteiger partial charge is 0.323 e. The van der Waals surface area contributed by atoms with E-state index in [1.54, 1.807) is 16.8 Å². The average Bonchev–Trinajstić information content (AvgIpc) is 2.81. The lowest BCUT2D eigenvalue weighted by Crippen LogP contribution is -2.20. The number of carbonyl (C=O) groups excluding carboxylic acids is 1. The Hall–Kier alpha value is -2.30. The Labute approximate surface area is 123 Å². The molecule has 5 nitrogen and oxygen atoms in total. The molecule has 1 aromatic heterocycles. The summed E-state index contributed by atoms with van der Waals surface area (Å²) in [7, 11) is 0. The van der Waals surface area contributed by atoms with Gasteiger partial charge >= 0.3 is 5.97 Å². The van der Waals surface area contributed by atoms with Crippen LogP contribution >= 0.6 is 0 Å². The van der Waals surface area contributed by atoms with Gasteiger partial charge in [0.1, 0.15) is 6.54 Å². The summed E-state index contributed by atoms with van der Waals surface area (Å²) in [5, 5.41) is 12.7. The molecule has 112 valence electrons. The Bertz CT molecular complexity index is 661. The maximum absolute atomic E-state index is 12.0. The number of nitrogens with zero attached hydrogens (tertiary/aromatic N) is 1.